The molecule has 1 heterocycles. The lowest BCUT2D eigenvalue weighted by atomic mass is 10.2. The van der Waals surface area contributed by atoms with Crippen LogP contribution in [-0.4, -0.2) is 34.4 Å². The van der Waals surface area contributed by atoms with Gasteiger partial charge in [0, 0.05) is 42.7 Å². The minimum atomic E-state index is 0. The maximum atomic E-state index is 4.48. The molecule has 1 unspecified atom stereocenters. The van der Waals surface area contributed by atoms with E-state index in [9.17, 15) is 0 Å². The van der Waals surface area contributed by atoms with Gasteiger partial charge in [-0.1, -0.05) is 55.5 Å². The summed E-state index contributed by atoms with van der Waals surface area (Å²) in [6.07, 6.45) is 3.85. The fourth-order valence-corrected chi connectivity index (χ4v) is 3.77. The molecule has 2 N–H and O–H groups in total. The number of hydrogen-bond acceptors (Lipinski definition) is 3. The van der Waals surface area contributed by atoms with Gasteiger partial charge in [0.1, 0.15) is 5.82 Å². The molecule has 154 valence electrons. The van der Waals surface area contributed by atoms with E-state index in [4.69, 9.17) is 0 Å². The Balaban J connectivity index is 0.00000300. The van der Waals surface area contributed by atoms with E-state index in [0.717, 1.165) is 24.9 Å². The molecule has 5 nitrogen and oxygen atoms in total. The van der Waals surface area contributed by atoms with E-state index in [1.54, 1.807) is 7.05 Å². The molecule has 0 amide bonds. The van der Waals surface area contributed by atoms with E-state index < -0.39 is 0 Å². The molecule has 0 aliphatic heterocycles. The van der Waals surface area contributed by atoms with Crippen LogP contribution >= 0.6 is 35.7 Å². The van der Waals surface area contributed by atoms with Crippen molar-refractivity contribution in [2.75, 3.05) is 13.6 Å². The van der Waals surface area contributed by atoms with Crippen LogP contribution < -0.4 is 10.6 Å². The second-order valence-electron chi connectivity index (χ2n) is 6.51. The second kappa shape index (κ2) is 12.5. The smallest absolute Gasteiger partial charge is 0.191 e. The van der Waals surface area contributed by atoms with Crippen LogP contribution in [0, 0.1) is 0 Å². The first kappa shape index (κ1) is 23.3. The molecule has 3 aromatic rings. The van der Waals surface area contributed by atoms with E-state index in [2.05, 4.69) is 80.6 Å². The minimum Gasteiger partial charge on any atom is -0.355 e. The Labute approximate surface area is 194 Å². The van der Waals surface area contributed by atoms with Crippen molar-refractivity contribution in [3.8, 4) is 0 Å². The number of nitrogens with zero attached hydrogens (tertiary/aromatic N) is 3. The van der Waals surface area contributed by atoms with Crippen molar-refractivity contribution in [2.45, 2.75) is 30.2 Å². The number of benzene rings is 2. The molecule has 0 fully saturated rings. The Kier molecular flexibility index (Phi) is 10.1. The third-order valence-corrected chi connectivity index (χ3v) is 5.39. The normalized spacial score (nSPS) is 12.1. The summed E-state index contributed by atoms with van der Waals surface area (Å²) in [5.74, 6) is 1.77. The monoisotopic (exact) mass is 521 g/mol. The third-order valence-electron chi connectivity index (χ3n) is 4.27. The zero-order valence-electron chi connectivity index (χ0n) is 16.8. The molecule has 1 aromatic heterocycles. The lowest BCUT2D eigenvalue weighted by Gasteiger charge is -2.16. The first-order valence-corrected chi connectivity index (χ1v) is 10.3. The van der Waals surface area contributed by atoms with Crippen LogP contribution in [0.4, 0.5) is 0 Å². The molecule has 0 bridgehead atoms. The highest BCUT2D eigenvalue weighted by atomic mass is 127. The van der Waals surface area contributed by atoms with Crippen molar-refractivity contribution in [1.29, 1.82) is 0 Å². The van der Waals surface area contributed by atoms with E-state index in [0.29, 0.717) is 11.8 Å². The standard InChI is InChI=1S/C22H27N5S.HI/c1-18(28-20-11-7-4-8-12-20)15-25-22(23-2)26-16-21-24-13-14-27(21)17-19-9-5-3-6-10-19;/h3-14,18H,15-17H2,1-2H3,(H2,23,25,26);1H. The van der Waals surface area contributed by atoms with Crippen LogP contribution in [0.15, 0.2) is 82.9 Å². The van der Waals surface area contributed by atoms with E-state index >= 15 is 0 Å². The summed E-state index contributed by atoms with van der Waals surface area (Å²) in [6.45, 7) is 4.48. The molecule has 29 heavy (non-hydrogen) atoms. The van der Waals surface area contributed by atoms with Crippen molar-refractivity contribution < 1.29 is 0 Å². The highest BCUT2D eigenvalue weighted by molar-refractivity contribution is 14.0. The number of halogens is 1. The van der Waals surface area contributed by atoms with Gasteiger partial charge < -0.3 is 15.2 Å². The quantitative estimate of drug-likeness (QED) is 0.200. The number of nitrogens with one attached hydrogen (secondary N) is 2. The number of rotatable bonds is 8. The van der Waals surface area contributed by atoms with E-state index in [-0.39, 0.29) is 24.0 Å². The molecular formula is C22H28IN5S. The van der Waals surface area contributed by atoms with Gasteiger partial charge in [0.05, 0.1) is 6.54 Å². The zero-order valence-corrected chi connectivity index (χ0v) is 19.9. The van der Waals surface area contributed by atoms with Gasteiger partial charge in [0.2, 0.25) is 0 Å². The third kappa shape index (κ3) is 7.74. The molecule has 1 atom stereocenters. The number of aromatic nitrogens is 2. The summed E-state index contributed by atoms with van der Waals surface area (Å²) in [4.78, 5) is 10.1. The van der Waals surface area contributed by atoms with Gasteiger partial charge in [-0.2, -0.15) is 0 Å². The van der Waals surface area contributed by atoms with Crippen molar-refractivity contribution >= 4 is 41.7 Å². The average molecular weight is 521 g/mol. The summed E-state index contributed by atoms with van der Waals surface area (Å²) in [6, 6.07) is 20.9. The van der Waals surface area contributed by atoms with Crippen LogP contribution in [0.1, 0.15) is 18.3 Å². The van der Waals surface area contributed by atoms with Gasteiger partial charge in [0.25, 0.3) is 0 Å². The Hall–Kier alpha value is -2.00. The SMILES string of the molecule is CN=C(NCc1nccn1Cc1ccccc1)NCC(C)Sc1ccccc1.I. The fraction of sp³-hybridized carbons (Fsp3) is 0.273. The largest absolute Gasteiger partial charge is 0.355 e. The predicted octanol–water partition coefficient (Wildman–Crippen LogP) is 4.40. The lowest BCUT2D eigenvalue weighted by molar-refractivity contribution is 0.687. The summed E-state index contributed by atoms with van der Waals surface area (Å²) < 4.78 is 2.16. The molecule has 0 saturated carbocycles. The average Bonchev–Trinajstić information content (AvgIpc) is 3.16. The highest BCUT2D eigenvalue weighted by Crippen LogP contribution is 2.21. The van der Waals surface area contributed by atoms with Crippen LogP contribution in [0.3, 0.4) is 0 Å². The number of imidazole rings is 1. The maximum Gasteiger partial charge on any atom is 0.191 e. The molecule has 0 aliphatic carbocycles. The number of aliphatic imine (C=N–C) groups is 1. The fourth-order valence-electron chi connectivity index (χ4n) is 2.83. The first-order valence-electron chi connectivity index (χ1n) is 9.44. The molecule has 0 saturated heterocycles. The molecule has 0 aliphatic rings. The number of hydrogen-bond donors (Lipinski definition) is 2. The summed E-state index contributed by atoms with van der Waals surface area (Å²) in [5, 5.41) is 7.20. The lowest BCUT2D eigenvalue weighted by Crippen LogP contribution is -2.40. The Morgan fingerprint density at radius 2 is 1.76 bits per heavy atom. The van der Waals surface area contributed by atoms with Gasteiger partial charge in [-0.25, -0.2) is 4.98 Å². The Bertz CT molecular complexity index is 867. The topological polar surface area (TPSA) is 54.2 Å². The van der Waals surface area contributed by atoms with Crippen molar-refractivity contribution in [3.63, 3.8) is 0 Å². The van der Waals surface area contributed by atoms with Gasteiger partial charge in [0.15, 0.2) is 5.96 Å². The number of thioether (sulfide) groups is 1. The summed E-state index contributed by atoms with van der Waals surface area (Å²) in [7, 11) is 1.79. The van der Waals surface area contributed by atoms with Crippen LogP contribution in [0.5, 0.6) is 0 Å². The summed E-state index contributed by atoms with van der Waals surface area (Å²) in [5.41, 5.74) is 1.26. The first-order chi connectivity index (χ1) is 13.7. The van der Waals surface area contributed by atoms with Crippen LogP contribution in [-0.2, 0) is 13.1 Å². The van der Waals surface area contributed by atoms with Gasteiger partial charge in [-0.3, -0.25) is 4.99 Å². The highest BCUT2D eigenvalue weighted by Gasteiger charge is 2.08. The van der Waals surface area contributed by atoms with Gasteiger partial charge in [-0.05, 0) is 17.7 Å². The zero-order chi connectivity index (χ0) is 19.6. The second-order valence-corrected chi connectivity index (χ2v) is 8.02. The molecule has 3 rings (SSSR count). The number of guanidine groups is 1. The van der Waals surface area contributed by atoms with Crippen molar-refractivity contribution in [1.82, 2.24) is 20.2 Å². The Morgan fingerprint density at radius 3 is 2.45 bits per heavy atom. The Morgan fingerprint density at radius 1 is 1.07 bits per heavy atom. The van der Waals surface area contributed by atoms with Crippen LogP contribution in [0.2, 0.25) is 0 Å². The molecule has 0 radical (unpaired) electrons. The van der Waals surface area contributed by atoms with E-state index in [1.807, 2.05) is 36.3 Å². The van der Waals surface area contributed by atoms with Gasteiger partial charge in [-0.15, -0.1) is 35.7 Å². The molecular weight excluding hydrogens is 493 g/mol. The van der Waals surface area contributed by atoms with Crippen molar-refractivity contribution in [2.24, 2.45) is 4.99 Å². The molecule has 0 spiro atoms. The molecule has 7 heteroatoms. The van der Waals surface area contributed by atoms with Gasteiger partial charge >= 0.3 is 0 Å². The van der Waals surface area contributed by atoms with E-state index in [1.165, 1.54) is 10.5 Å². The maximum absolute atomic E-state index is 4.48. The van der Waals surface area contributed by atoms with Crippen LogP contribution in [0.25, 0.3) is 0 Å². The summed E-state index contributed by atoms with van der Waals surface area (Å²) >= 11 is 1.85. The van der Waals surface area contributed by atoms with Crippen molar-refractivity contribution in [3.05, 3.63) is 84.4 Å². The predicted molar refractivity (Wildman–Crippen MR) is 133 cm³/mol. The minimum absolute atomic E-state index is 0. The molecule has 2 aromatic carbocycles.